The number of hydrogen-bond acceptors (Lipinski definition) is 6. The average molecular weight is 294 g/mol. The first-order chi connectivity index (χ1) is 10.0. The van der Waals surface area contributed by atoms with E-state index in [0.29, 0.717) is 24.8 Å². The number of carboxylic acids is 1. The highest BCUT2D eigenvalue weighted by molar-refractivity contribution is 5.90. The lowest BCUT2D eigenvalue weighted by Gasteiger charge is -2.21. The fourth-order valence-corrected chi connectivity index (χ4v) is 2.68. The van der Waals surface area contributed by atoms with Crippen molar-refractivity contribution in [2.24, 2.45) is 5.92 Å². The molecule has 1 amide bonds. The monoisotopic (exact) mass is 294 g/mol. The van der Waals surface area contributed by atoms with Crippen molar-refractivity contribution in [2.75, 3.05) is 18.4 Å². The third-order valence-electron chi connectivity index (χ3n) is 4.16. The van der Waals surface area contributed by atoms with Crippen LogP contribution in [0.15, 0.2) is 4.42 Å². The van der Waals surface area contributed by atoms with Gasteiger partial charge in [-0.1, -0.05) is 5.10 Å². The average Bonchev–Trinajstić information content (AvgIpc) is 3.07. The standard InChI is InChI=1S/C13H18N4O4/c1-7-9(12(19)20)4-5-17(7)6-10(18)14-13-16-15-11(21-13)8-2-3-8/h7-9H,2-6H2,1H3,(H,19,20)(H,14,16,18). The van der Waals surface area contributed by atoms with E-state index in [2.05, 4.69) is 15.5 Å². The third-order valence-corrected chi connectivity index (χ3v) is 4.16. The molecule has 1 aliphatic heterocycles. The van der Waals surface area contributed by atoms with Crippen molar-refractivity contribution in [3.05, 3.63) is 5.89 Å². The zero-order valence-electron chi connectivity index (χ0n) is 11.8. The Balaban J connectivity index is 1.52. The van der Waals surface area contributed by atoms with Crippen LogP contribution in [0.1, 0.15) is 38.0 Å². The molecule has 2 aliphatic rings. The van der Waals surface area contributed by atoms with E-state index in [4.69, 9.17) is 9.52 Å². The van der Waals surface area contributed by atoms with Gasteiger partial charge in [-0.3, -0.25) is 19.8 Å². The van der Waals surface area contributed by atoms with Gasteiger partial charge < -0.3 is 9.52 Å². The lowest BCUT2D eigenvalue weighted by Crippen LogP contribution is -2.38. The van der Waals surface area contributed by atoms with E-state index in [0.717, 1.165) is 12.8 Å². The van der Waals surface area contributed by atoms with Crippen molar-refractivity contribution in [3.8, 4) is 0 Å². The SMILES string of the molecule is CC1C(C(=O)O)CCN1CC(=O)Nc1nnc(C2CC2)o1. The molecule has 114 valence electrons. The van der Waals surface area contributed by atoms with Gasteiger partial charge >= 0.3 is 12.0 Å². The molecule has 2 N–H and O–H groups in total. The van der Waals surface area contributed by atoms with Crippen molar-refractivity contribution < 1.29 is 19.1 Å². The molecule has 8 heteroatoms. The highest BCUT2D eigenvalue weighted by Gasteiger charge is 2.36. The summed E-state index contributed by atoms with van der Waals surface area (Å²) in [7, 11) is 0. The number of amides is 1. The maximum Gasteiger partial charge on any atom is 0.322 e. The predicted octanol–water partition coefficient (Wildman–Crippen LogP) is 0.680. The van der Waals surface area contributed by atoms with Crippen LogP contribution in [0.5, 0.6) is 0 Å². The van der Waals surface area contributed by atoms with Crippen LogP contribution >= 0.6 is 0 Å². The van der Waals surface area contributed by atoms with E-state index < -0.39 is 11.9 Å². The Bertz CT molecular complexity index is 554. The van der Waals surface area contributed by atoms with Crippen molar-refractivity contribution in [1.29, 1.82) is 0 Å². The lowest BCUT2D eigenvalue weighted by molar-refractivity contribution is -0.142. The quantitative estimate of drug-likeness (QED) is 0.822. The summed E-state index contributed by atoms with van der Waals surface area (Å²) in [5.41, 5.74) is 0. The summed E-state index contributed by atoms with van der Waals surface area (Å²) in [6, 6.07) is -0.0403. The zero-order valence-corrected chi connectivity index (χ0v) is 11.8. The number of carboxylic acid groups (broad SMARTS) is 1. The van der Waals surface area contributed by atoms with Gasteiger partial charge in [0, 0.05) is 12.0 Å². The van der Waals surface area contributed by atoms with Crippen LogP contribution < -0.4 is 5.32 Å². The molecule has 1 saturated heterocycles. The number of aliphatic carboxylic acids is 1. The Morgan fingerprint density at radius 1 is 1.38 bits per heavy atom. The molecule has 1 aromatic heterocycles. The van der Waals surface area contributed by atoms with E-state index in [9.17, 15) is 9.59 Å². The van der Waals surface area contributed by atoms with Crippen LogP contribution in [0.3, 0.4) is 0 Å². The molecule has 0 spiro atoms. The summed E-state index contributed by atoms with van der Waals surface area (Å²) in [6.45, 7) is 2.56. The molecule has 0 radical (unpaired) electrons. The second-order valence-corrected chi connectivity index (χ2v) is 5.71. The second kappa shape index (κ2) is 5.44. The first-order valence-electron chi connectivity index (χ1n) is 7.14. The van der Waals surface area contributed by atoms with Crippen LogP contribution in [-0.2, 0) is 9.59 Å². The number of nitrogens with zero attached hydrogens (tertiary/aromatic N) is 3. The van der Waals surface area contributed by atoms with Gasteiger partial charge in [0.05, 0.1) is 12.5 Å². The Labute approximate surface area is 121 Å². The molecule has 2 heterocycles. The summed E-state index contributed by atoms with van der Waals surface area (Å²) < 4.78 is 5.36. The molecule has 1 aromatic rings. The van der Waals surface area contributed by atoms with Crippen molar-refractivity contribution >= 4 is 17.9 Å². The molecule has 1 aliphatic carbocycles. The molecule has 0 aromatic carbocycles. The highest BCUT2D eigenvalue weighted by atomic mass is 16.4. The van der Waals surface area contributed by atoms with E-state index in [1.54, 1.807) is 0 Å². The molecule has 2 fully saturated rings. The number of carbonyl (C=O) groups is 2. The fraction of sp³-hybridized carbons (Fsp3) is 0.692. The minimum atomic E-state index is -0.809. The maximum absolute atomic E-state index is 12.0. The molecule has 8 nitrogen and oxygen atoms in total. The number of hydrogen-bond donors (Lipinski definition) is 2. The number of anilines is 1. The summed E-state index contributed by atoms with van der Waals surface area (Å²) in [6.07, 6.45) is 2.67. The normalized spacial score (nSPS) is 26.0. The van der Waals surface area contributed by atoms with E-state index >= 15 is 0 Å². The van der Waals surface area contributed by atoms with Gasteiger partial charge in [0.15, 0.2) is 0 Å². The Morgan fingerprint density at radius 3 is 2.76 bits per heavy atom. The minimum absolute atomic E-state index is 0.114. The van der Waals surface area contributed by atoms with Gasteiger partial charge in [-0.2, -0.15) is 0 Å². The zero-order chi connectivity index (χ0) is 15.0. The van der Waals surface area contributed by atoms with E-state index in [1.165, 1.54) is 0 Å². The molecule has 0 bridgehead atoms. The van der Waals surface area contributed by atoms with Gasteiger partial charge in [0.1, 0.15) is 0 Å². The topological polar surface area (TPSA) is 109 Å². The van der Waals surface area contributed by atoms with Crippen molar-refractivity contribution in [2.45, 2.75) is 38.1 Å². The molecule has 2 unspecified atom stereocenters. The number of carbonyl (C=O) groups excluding carboxylic acids is 1. The first-order valence-corrected chi connectivity index (χ1v) is 7.14. The van der Waals surface area contributed by atoms with Crippen LogP contribution in [0.4, 0.5) is 6.01 Å². The first kappa shape index (κ1) is 14.0. The molecular formula is C13H18N4O4. The van der Waals surface area contributed by atoms with Gasteiger partial charge in [0.2, 0.25) is 11.8 Å². The lowest BCUT2D eigenvalue weighted by atomic mass is 10.0. The van der Waals surface area contributed by atoms with E-state index in [1.807, 2.05) is 11.8 Å². The van der Waals surface area contributed by atoms with Gasteiger partial charge in [-0.15, -0.1) is 5.10 Å². The van der Waals surface area contributed by atoms with Gasteiger partial charge in [-0.25, -0.2) is 0 Å². The molecule has 21 heavy (non-hydrogen) atoms. The van der Waals surface area contributed by atoms with E-state index in [-0.39, 0.29) is 24.5 Å². The fourth-order valence-electron chi connectivity index (χ4n) is 2.68. The smallest absolute Gasteiger partial charge is 0.322 e. The summed E-state index contributed by atoms with van der Waals surface area (Å²) >= 11 is 0. The summed E-state index contributed by atoms with van der Waals surface area (Å²) in [5.74, 6) is -0.568. The minimum Gasteiger partial charge on any atom is -0.481 e. The van der Waals surface area contributed by atoms with Crippen LogP contribution in [0.2, 0.25) is 0 Å². The molecular weight excluding hydrogens is 276 g/mol. The van der Waals surface area contributed by atoms with Crippen LogP contribution in [0, 0.1) is 5.92 Å². The Morgan fingerprint density at radius 2 is 2.14 bits per heavy atom. The second-order valence-electron chi connectivity index (χ2n) is 5.71. The van der Waals surface area contributed by atoms with Crippen LogP contribution in [0.25, 0.3) is 0 Å². The number of rotatable bonds is 5. The number of likely N-dealkylation sites (tertiary alicyclic amines) is 1. The summed E-state index contributed by atoms with van der Waals surface area (Å²) in [4.78, 5) is 24.9. The number of nitrogens with one attached hydrogen (secondary N) is 1. The van der Waals surface area contributed by atoms with Gasteiger partial charge in [0.25, 0.3) is 0 Å². The third kappa shape index (κ3) is 3.05. The van der Waals surface area contributed by atoms with Crippen LogP contribution in [-0.4, -0.2) is 51.2 Å². The van der Waals surface area contributed by atoms with Gasteiger partial charge in [-0.05, 0) is 32.7 Å². The maximum atomic E-state index is 12.0. The summed E-state index contributed by atoms with van der Waals surface area (Å²) in [5, 5.41) is 19.3. The highest BCUT2D eigenvalue weighted by Crippen LogP contribution is 2.39. The molecule has 2 atom stereocenters. The Hall–Kier alpha value is -1.96. The van der Waals surface area contributed by atoms with Crippen molar-refractivity contribution in [1.82, 2.24) is 15.1 Å². The Kier molecular flexibility index (Phi) is 3.62. The predicted molar refractivity (Wildman–Crippen MR) is 71.7 cm³/mol. The number of aromatic nitrogens is 2. The van der Waals surface area contributed by atoms with Crippen molar-refractivity contribution in [3.63, 3.8) is 0 Å². The largest absolute Gasteiger partial charge is 0.481 e. The molecule has 1 saturated carbocycles. The molecule has 3 rings (SSSR count).